The summed E-state index contributed by atoms with van der Waals surface area (Å²) in [6, 6.07) is 3.01. The summed E-state index contributed by atoms with van der Waals surface area (Å²) in [5.74, 6) is 5.87. The normalized spacial score (nSPS) is 10.4. The van der Waals surface area contributed by atoms with Crippen LogP contribution in [0, 0.1) is 10.1 Å². The highest BCUT2D eigenvalue weighted by Crippen LogP contribution is 2.25. The predicted octanol–water partition coefficient (Wildman–Crippen LogP) is 1.88. The van der Waals surface area contributed by atoms with Crippen molar-refractivity contribution in [3.63, 3.8) is 0 Å². The highest BCUT2D eigenvalue weighted by molar-refractivity contribution is 5.60. The van der Waals surface area contributed by atoms with E-state index in [4.69, 9.17) is 5.84 Å². The van der Waals surface area contributed by atoms with E-state index in [1.54, 1.807) is 0 Å². The lowest BCUT2D eigenvalue weighted by Gasteiger charge is -2.15. The number of aromatic nitrogens is 1. The first kappa shape index (κ1) is 13.2. The van der Waals surface area contributed by atoms with Gasteiger partial charge in [-0.05, 0) is 18.9 Å². The Bertz CT molecular complexity index is 392. The van der Waals surface area contributed by atoms with Crippen LogP contribution in [0.3, 0.4) is 0 Å². The Morgan fingerprint density at radius 2 is 2.12 bits per heavy atom. The Morgan fingerprint density at radius 1 is 1.47 bits per heavy atom. The quantitative estimate of drug-likeness (QED) is 0.397. The number of nitrogens with zero attached hydrogens (tertiary/aromatic N) is 2. The number of anilines is 2. The van der Waals surface area contributed by atoms with Crippen LogP contribution in [0.15, 0.2) is 12.1 Å². The van der Waals surface area contributed by atoms with E-state index in [1.807, 2.05) is 13.8 Å². The standard InChI is InChI=1S/C10H17N5O2/c1-3-7(4-2)12-10-8(15(16)17)5-6-9(13-10)14-11/h5-7H,3-4,11H2,1-2H3,(H2,12,13,14). The monoisotopic (exact) mass is 239 g/mol. The second-order valence-electron chi connectivity index (χ2n) is 3.62. The van der Waals surface area contributed by atoms with Crippen molar-refractivity contribution in [1.82, 2.24) is 4.98 Å². The maximum absolute atomic E-state index is 10.9. The fraction of sp³-hybridized carbons (Fsp3) is 0.500. The number of rotatable bonds is 6. The van der Waals surface area contributed by atoms with Crippen molar-refractivity contribution in [2.45, 2.75) is 32.7 Å². The first-order valence-corrected chi connectivity index (χ1v) is 5.50. The Hall–Kier alpha value is -1.89. The molecule has 0 fully saturated rings. The first-order valence-electron chi connectivity index (χ1n) is 5.50. The molecule has 1 rings (SSSR count). The lowest BCUT2D eigenvalue weighted by molar-refractivity contribution is -0.384. The van der Waals surface area contributed by atoms with Crippen molar-refractivity contribution in [1.29, 1.82) is 0 Å². The summed E-state index contributed by atoms with van der Waals surface area (Å²) in [6.07, 6.45) is 1.74. The topological polar surface area (TPSA) is 106 Å². The van der Waals surface area contributed by atoms with E-state index in [1.165, 1.54) is 12.1 Å². The van der Waals surface area contributed by atoms with Gasteiger partial charge < -0.3 is 10.7 Å². The molecule has 1 aromatic heterocycles. The van der Waals surface area contributed by atoms with E-state index in [0.717, 1.165) is 12.8 Å². The Kier molecular flexibility index (Phi) is 4.65. The summed E-state index contributed by atoms with van der Waals surface area (Å²) in [4.78, 5) is 14.5. The average molecular weight is 239 g/mol. The van der Waals surface area contributed by atoms with E-state index in [2.05, 4.69) is 15.7 Å². The molecule has 94 valence electrons. The second-order valence-corrected chi connectivity index (χ2v) is 3.62. The van der Waals surface area contributed by atoms with Gasteiger partial charge >= 0.3 is 5.69 Å². The summed E-state index contributed by atoms with van der Waals surface area (Å²) < 4.78 is 0. The molecule has 0 spiro atoms. The van der Waals surface area contributed by atoms with Gasteiger partial charge in [-0.2, -0.15) is 0 Å². The number of hydrogen-bond donors (Lipinski definition) is 3. The Morgan fingerprint density at radius 3 is 2.59 bits per heavy atom. The van der Waals surface area contributed by atoms with Crippen LogP contribution >= 0.6 is 0 Å². The molecule has 1 heterocycles. The number of hydrogen-bond acceptors (Lipinski definition) is 6. The van der Waals surface area contributed by atoms with E-state index in [0.29, 0.717) is 5.82 Å². The second kappa shape index (κ2) is 6.00. The fourth-order valence-corrected chi connectivity index (χ4v) is 1.47. The molecule has 0 bridgehead atoms. The molecule has 0 aliphatic heterocycles. The van der Waals surface area contributed by atoms with Crippen molar-refractivity contribution in [3.05, 3.63) is 22.2 Å². The minimum atomic E-state index is -0.460. The summed E-state index contributed by atoms with van der Waals surface area (Å²) in [5.41, 5.74) is 2.32. The molecule has 0 aromatic carbocycles. The molecular weight excluding hydrogens is 222 g/mol. The number of pyridine rings is 1. The molecule has 0 saturated carbocycles. The largest absolute Gasteiger partial charge is 0.362 e. The summed E-state index contributed by atoms with van der Waals surface area (Å²) in [5, 5.41) is 13.9. The van der Waals surface area contributed by atoms with E-state index < -0.39 is 4.92 Å². The van der Waals surface area contributed by atoms with E-state index >= 15 is 0 Å². The van der Waals surface area contributed by atoms with Gasteiger partial charge in [0, 0.05) is 12.1 Å². The summed E-state index contributed by atoms with van der Waals surface area (Å²) in [6.45, 7) is 4.02. The van der Waals surface area contributed by atoms with Gasteiger partial charge in [0.25, 0.3) is 0 Å². The highest BCUT2D eigenvalue weighted by atomic mass is 16.6. The molecule has 1 aromatic rings. The number of hydrazine groups is 1. The van der Waals surface area contributed by atoms with Gasteiger partial charge in [-0.25, -0.2) is 10.8 Å². The van der Waals surface area contributed by atoms with Gasteiger partial charge in [-0.1, -0.05) is 13.8 Å². The van der Waals surface area contributed by atoms with Crippen molar-refractivity contribution in [2.24, 2.45) is 5.84 Å². The van der Waals surface area contributed by atoms with Crippen molar-refractivity contribution in [2.75, 3.05) is 10.7 Å². The third kappa shape index (κ3) is 3.28. The minimum absolute atomic E-state index is 0.0455. The van der Waals surface area contributed by atoms with Crippen LogP contribution in [-0.4, -0.2) is 15.9 Å². The van der Waals surface area contributed by atoms with Crippen LogP contribution < -0.4 is 16.6 Å². The van der Waals surface area contributed by atoms with Crippen LogP contribution in [0.4, 0.5) is 17.3 Å². The molecule has 0 aliphatic carbocycles. The van der Waals surface area contributed by atoms with Crippen molar-refractivity contribution in [3.8, 4) is 0 Å². The van der Waals surface area contributed by atoms with Gasteiger partial charge in [-0.15, -0.1) is 0 Å². The van der Waals surface area contributed by atoms with Gasteiger partial charge in [0.05, 0.1) is 4.92 Å². The number of nitrogens with two attached hydrogens (primary N) is 1. The molecule has 0 amide bonds. The maximum atomic E-state index is 10.9. The fourth-order valence-electron chi connectivity index (χ4n) is 1.47. The average Bonchev–Trinajstić information content (AvgIpc) is 2.35. The van der Waals surface area contributed by atoms with Crippen LogP contribution in [-0.2, 0) is 0 Å². The van der Waals surface area contributed by atoms with Crippen molar-refractivity contribution >= 4 is 17.3 Å². The Balaban J connectivity index is 3.04. The first-order chi connectivity index (χ1) is 8.12. The van der Waals surface area contributed by atoms with E-state index in [9.17, 15) is 10.1 Å². The summed E-state index contributed by atoms with van der Waals surface area (Å²) >= 11 is 0. The van der Waals surface area contributed by atoms with Crippen LogP contribution in [0.25, 0.3) is 0 Å². The molecule has 17 heavy (non-hydrogen) atoms. The molecule has 0 unspecified atom stereocenters. The molecule has 0 aliphatic rings. The third-order valence-electron chi connectivity index (χ3n) is 2.54. The lowest BCUT2D eigenvalue weighted by Crippen LogP contribution is -2.19. The molecule has 7 heteroatoms. The highest BCUT2D eigenvalue weighted by Gasteiger charge is 2.17. The van der Waals surface area contributed by atoms with Gasteiger partial charge in [-0.3, -0.25) is 10.1 Å². The summed E-state index contributed by atoms with van der Waals surface area (Å²) in [7, 11) is 0. The SMILES string of the molecule is CCC(CC)Nc1nc(NN)ccc1[N+](=O)[O-]. The van der Waals surface area contributed by atoms with E-state index in [-0.39, 0.29) is 17.5 Å². The van der Waals surface area contributed by atoms with Gasteiger partial charge in [0.15, 0.2) is 0 Å². The molecule has 0 saturated heterocycles. The number of nitrogen functional groups attached to an aromatic ring is 1. The zero-order chi connectivity index (χ0) is 12.8. The van der Waals surface area contributed by atoms with Crippen molar-refractivity contribution < 1.29 is 4.92 Å². The smallest absolute Gasteiger partial charge is 0.311 e. The zero-order valence-corrected chi connectivity index (χ0v) is 9.93. The number of nitro groups is 1. The van der Waals surface area contributed by atoms with Crippen LogP contribution in [0.5, 0.6) is 0 Å². The van der Waals surface area contributed by atoms with Gasteiger partial charge in [0.2, 0.25) is 5.82 Å². The Labute approximate surface area is 99.5 Å². The molecule has 4 N–H and O–H groups in total. The van der Waals surface area contributed by atoms with Gasteiger partial charge in [0.1, 0.15) is 5.82 Å². The molecule has 0 atom stereocenters. The van der Waals surface area contributed by atoms with Crippen LogP contribution in [0.1, 0.15) is 26.7 Å². The number of nitrogens with one attached hydrogen (secondary N) is 2. The molecule has 0 radical (unpaired) electrons. The lowest BCUT2D eigenvalue weighted by atomic mass is 10.2. The zero-order valence-electron chi connectivity index (χ0n) is 9.93. The maximum Gasteiger partial charge on any atom is 0.311 e. The van der Waals surface area contributed by atoms with Crippen LogP contribution in [0.2, 0.25) is 0 Å². The third-order valence-corrected chi connectivity index (χ3v) is 2.54. The predicted molar refractivity (Wildman–Crippen MR) is 66.7 cm³/mol. The minimum Gasteiger partial charge on any atom is -0.362 e. The molecular formula is C10H17N5O2. The molecule has 7 nitrogen and oxygen atoms in total.